The van der Waals surface area contributed by atoms with Crippen LogP contribution in [0.5, 0.6) is 0 Å². The van der Waals surface area contributed by atoms with Crippen LogP contribution in [0.1, 0.15) is 29.4 Å². The SMILES string of the molecule is CCCC(NC(=O)c1sc2cc(Cl)ccc2c1Cl)C(=O)O. The van der Waals surface area contributed by atoms with Crippen molar-refractivity contribution in [2.24, 2.45) is 0 Å². The third-order valence-corrected chi connectivity index (χ3v) is 4.87. The summed E-state index contributed by atoms with van der Waals surface area (Å²) >= 11 is 13.3. The molecule has 4 nitrogen and oxygen atoms in total. The standard InChI is InChI=1S/C14H13Cl2NO3S/c1-2-3-9(14(19)20)17-13(18)12-11(16)8-5-4-7(15)6-10(8)21-12/h4-6,9H,2-3H2,1H3,(H,17,18)(H,19,20). The van der Waals surface area contributed by atoms with Crippen molar-refractivity contribution in [2.75, 3.05) is 0 Å². The fourth-order valence-electron chi connectivity index (χ4n) is 1.95. The molecule has 0 aliphatic carbocycles. The average molecular weight is 346 g/mol. The van der Waals surface area contributed by atoms with E-state index in [1.54, 1.807) is 18.2 Å². The van der Waals surface area contributed by atoms with Gasteiger partial charge in [-0.1, -0.05) is 42.6 Å². The number of hydrogen-bond acceptors (Lipinski definition) is 3. The Hall–Kier alpha value is -1.30. The van der Waals surface area contributed by atoms with Crippen LogP contribution in [0.25, 0.3) is 10.1 Å². The minimum absolute atomic E-state index is 0.302. The number of thiophene rings is 1. The maximum atomic E-state index is 12.2. The van der Waals surface area contributed by atoms with Gasteiger partial charge in [-0.3, -0.25) is 4.79 Å². The number of aliphatic carboxylic acids is 1. The number of amides is 1. The molecule has 0 radical (unpaired) electrons. The largest absolute Gasteiger partial charge is 0.480 e. The number of carbonyl (C=O) groups is 2. The van der Waals surface area contributed by atoms with Gasteiger partial charge in [0.1, 0.15) is 10.9 Å². The smallest absolute Gasteiger partial charge is 0.326 e. The van der Waals surface area contributed by atoms with Gasteiger partial charge in [0.15, 0.2) is 0 Å². The van der Waals surface area contributed by atoms with Crippen molar-refractivity contribution in [1.82, 2.24) is 5.32 Å². The van der Waals surface area contributed by atoms with Gasteiger partial charge >= 0.3 is 5.97 Å². The Bertz CT molecular complexity index is 699. The number of benzene rings is 1. The van der Waals surface area contributed by atoms with Crippen molar-refractivity contribution in [1.29, 1.82) is 0 Å². The van der Waals surface area contributed by atoms with E-state index in [1.165, 1.54) is 11.3 Å². The van der Waals surface area contributed by atoms with Crippen LogP contribution in [0, 0.1) is 0 Å². The first-order valence-corrected chi connectivity index (χ1v) is 7.92. The fraction of sp³-hybridized carbons (Fsp3) is 0.286. The first-order chi connectivity index (χ1) is 9.93. The molecule has 21 heavy (non-hydrogen) atoms. The zero-order chi connectivity index (χ0) is 15.6. The summed E-state index contributed by atoms with van der Waals surface area (Å²) in [7, 11) is 0. The third-order valence-electron chi connectivity index (χ3n) is 2.98. The third kappa shape index (κ3) is 3.48. The van der Waals surface area contributed by atoms with Crippen LogP contribution in [0.15, 0.2) is 18.2 Å². The normalized spacial score (nSPS) is 12.3. The van der Waals surface area contributed by atoms with Gasteiger partial charge in [0.2, 0.25) is 0 Å². The average Bonchev–Trinajstić information content (AvgIpc) is 2.74. The lowest BCUT2D eigenvalue weighted by atomic mass is 10.1. The molecule has 2 rings (SSSR count). The van der Waals surface area contributed by atoms with Gasteiger partial charge < -0.3 is 10.4 Å². The maximum absolute atomic E-state index is 12.2. The molecule has 1 atom stereocenters. The Balaban J connectivity index is 2.30. The lowest BCUT2D eigenvalue weighted by Crippen LogP contribution is -2.40. The number of carbonyl (C=O) groups excluding carboxylic acids is 1. The summed E-state index contributed by atoms with van der Waals surface area (Å²) in [6, 6.07) is 4.26. The number of rotatable bonds is 5. The van der Waals surface area contributed by atoms with Gasteiger partial charge in [-0.05, 0) is 18.6 Å². The highest BCUT2D eigenvalue weighted by atomic mass is 35.5. The van der Waals surface area contributed by atoms with Gasteiger partial charge in [-0.15, -0.1) is 11.3 Å². The molecule has 0 spiro atoms. The summed E-state index contributed by atoms with van der Waals surface area (Å²) in [5.41, 5.74) is 0. The van der Waals surface area contributed by atoms with Gasteiger partial charge in [0.25, 0.3) is 5.91 Å². The molecule has 0 saturated carbocycles. The number of hydrogen-bond donors (Lipinski definition) is 2. The monoisotopic (exact) mass is 345 g/mol. The zero-order valence-corrected chi connectivity index (χ0v) is 13.5. The van der Waals surface area contributed by atoms with Gasteiger partial charge in [0.05, 0.1) is 5.02 Å². The van der Waals surface area contributed by atoms with E-state index in [0.717, 1.165) is 10.1 Å². The van der Waals surface area contributed by atoms with E-state index in [4.69, 9.17) is 28.3 Å². The number of nitrogens with one attached hydrogen (secondary N) is 1. The topological polar surface area (TPSA) is 66.4 Å². The summed E-state index contributed by atoms with van der Waals surface area (Å²) in [5.74, 6) is -1.52. The Kier molecular flexibility index (Phi) is 5.08. The molecule has 0 bridgehead atoms. The Morgan fingerprint density at radius 2 is 2.10 bits per heavy atom. The molecule has 0 aliphatic rings. The molecule has 2 N–H and O–H groups in total. The minimum atomic E-state index is -1.05. The predicted octanol–water partition coefficient (Wildman–Crippen LogP) is 4.19. The number of halogens is 2. The molecule has 1 aromatic heterocycles. The number of carboxylic acids is 1. The van der Waals surface area contributed by atoms with Crippen molar-refractivity contribution in [3.8, 4) is 0 Å². The fourth-order valence-corrected chi connectivity index (χ4v) is 3.65. The van der Waals surface area contributed by atoms with Crippen LogP contribution in [-0.2, 0) is 4.79 Å². The summed E-state index contributed by atoms with van der Waals surface area (Å²) < 4.78 is 0.792. The van der Waals surface area contributed by atoms with Gasteiger partial charge in [-0.2, -0.15) is 0 Å². The molecule has 1 aromatic carbocycles. The second kappa shape index (κ2) is 6.64. The first kappa shape index (κ1) is 16.1. The van der Waals surface area contributed by atoms with Crippen molar-refractivity contribution < 1.29 is 14.7 Å². The number of carboxylic acid groups (broad SMARTS) is 1. The summed E-state index contributed by atoms with van der Waals surface area (Å²) in [4.78, 5) is 23.6. The Morgan fingerprint density at radius 3 is 2.71 bits per heavy atom. The predicted molar refractivity (Wildman–Crippen MR) is 85.6 cm³/mol. The molecule has 1 heterocycles. The summed E-state index contributed by atoms with van der Waals surface area (Å²) in [6.45, 7) is 1.86. The van der Waals surface area contributed by atoms with Crippen LogP contribution in [0.2, 0.25) is 10.0 Å². The van der Waals surface area contributed by atoms with Crippen molar-refractivity contribution in [3.05, 3.63) is 33.1 Å². The van der Waals surface area contributed by atoms with Gasteiger partial charge in [-0.25, -0.2) is 4.79 Å². The van der Waals surface area contributed by atoms with E-state index in [-0.39, 0.29) is 0 Å². The second-order valence-corrected chi connectivity index (χ2v) is 6.41. The lowest BCUT2D eigenvalue weighted by Gasteiger charge is -2.12. The zero-order valence-electron chi connectivity index (χ0n) is 11.2. The highest BCUT2D eigenvalue weighted by Gasteiger charge is 2.23. The van der Waals surface area contributed by atoms with Crippen LogP contribution in [0.3, 0.4) is 0 Å². The molecule has 1 amide bonds. The lowest BCUT2D eigenvalue weighted by molar-refractivity contribution is -0.139. The molecular weight excluding hydrogens is 333 g/mol. The molecule has 112 valence electrons. The van der Waals surface area contributed by atoms with Crippen LogP contribution < -0.4 is 5.32 Å². The highest BCUT2D eigenvalue weighted by molar-refractivity contribution is 7.21. The van der Waals surface area contributed by atoms with E-state index in [9.17, 15) is 9.59 Å². The quantitative estimate of drug-likeness (QED) is 0.853. The van der Waals surface area contributed by atoms with E-state index in [1.807, 2.05) is 6.92 Å². The van der Waals surface area contributed by atoms with Gasteiger partial charge in [0, 0.05) is 15.1 Å². The van der Waals surface area contributed by atoms with Crippen LogP contribution >= 0.6 is 34.5 Å². The van der Waals surface area contributed by atoms with Crippen molar-refractivity contribution >= 4 is 56.5 Å². The Morgan fingerprint density at radius 1 is 1.38 bits per heavy atom. The molecule has 1 unspecified atom stereocenters. The molecule has 0 saturated heterocycles. The molecule has 2 aromatic rings. The Labute approximate surface area is 135 Å². The molecule has 7 heteroatoms. The van der Waals surface area contributed by atoms with E-state index in [2.05, 4.69) is 5.32 Å². The van der Waals surface area contributed by atoms with Crippen molar-refractivity contribution in [2.45, 2.75) is 25.8 Å². The van der Waals surface area contributed by atoms with Crippen LogP contribution in [-0.4, -0.2) is 23.0 Å². The first-order valence-electron chi connectivity index (χ1n) is 6.35. The van der Waals surface area contributed by atoms with Crippen LogP contribution in [0.4, 0.5) is 0 Å². The number of fused-ring (bicyclic) bond motifs is 1. The second-order valence-electron chi connectivity index (χ2n) is 4.54. The maximum Gasteiger partial charge on any atom is 0.326 e. The molecule has 0 fully saturated rings. The van der Waals surface area contributed by atoms with E-state index >= 15 is 0 Å². The highest BCUT2D eigenvalue weighted by Crippen LogP contribution is 2.36. The minimum Gasteiger partial charge on any atom is -0.480 e. The molecular formula is C14H13Cl2NO3S. The van der Waals surface area contributed by atoms with E-state index in [0.29, 0.717) is 27.8 Å². The summed E-state index contributed by atoms with van der Waals surface area (Å²) in [5, 5.41) is 13.2. The molecule has 0 aliphatic heterocycles. The summed E-state index contributed by atoms with van der Waals surface area (Å²) in [6.07, 6.45) is 1.03. The van der Waals surface area contributed by atoms with Crippen molar-refractivity contribution in [3.63, 3.8) is 0 Å². The van der Waals surface area contributed by atoms with E-state index < -0.39 is 17.9 Å².